The second-order valence-electron chi connectivity index (χ2n) is 3.83. The Kier molecular flexibility index (Phi) is 5.73. The molecule has 0 aliphatic rings. The molecule has 0 saturated carbocycles. The molecule has 1 aromatic rings. The Morgan fingerprint density at radius 2 is 2.16 bits per heavy atom. The SMILES string of the molecule is CCCCN(CC(N)=O)c1nc(NN)nc(OC)n1. The van der Waals surface area contributed by atoms with Crippen LogP contribution in [0.25, 0.3) is 0 Å². The van der Waals surface area contributed by atoms with Crippen molar-refractivity contribution in [2.75, 3.05) is 30.5 Å². The molecule has 1 rings (SSSR count). The van der Waals surface area contributed by atoms with Crippen LogP contribution in [0.1, 0.15) is 19.8 Å². The Labute approximate surface area is 111 Å². The van der Waals surface area contributed by atoms with Crippen LogP contribution in [0.5, 0.6) is 6.01 Å². The molecular weight excluding hydrogens is 250 g/mol. The average molecular weight is 269 g/mol. The minimum atomic E-state index is -0.460. The second-order valence-corrected chi connectivity index (χ2v) is 3.83. The van der Waals surface area contributed by atoms with Crippen molar-refractivity contribution in [3.05, 3.63) is 0 Å². The number of ether oxygens (including phenoxy) is 1. The highest BCUT2D eigenvalue weighted by Gasteiger charge is 2.15. The number of carbonyl (C=O) groups excluding carboxylic acids is 1. The summed E-state index contributed by atoms with van der Waals surface area (Å²) in [4.78, 5) is 24.8. The van der Waals surface area contributed by atoms with Gasteiger partial charge in [0.25, 0.3) is 0 Å². The number of methoxy groups -OCH3 is 1. The molecule has 5 N–H and O–H groups in total. The summed E-state index contributed by atoms with van der Waals surface area (Å²) in [7, 11) is 1.43. The topological polar surface area (TPSA) is 132 Å². The number of anilines is 2. The number of hydrogen-bond acceptors (Lipinski definition) is 8. The van der Waals surface area contributed by atoms with Crippen LogP contribution in [-0.4, -0.2) is 41.1 Å². The average Bonchev–Trinajstić information content (AvgIpc) is 2.42. The van der Waals surface area contributed by atoms with Crippen LogP contribution in [0, 0.1) is 0 Å². The van der Waals surface area contributed by atoms with Gasteiger partial charge in [-0.1, -0.05) is 13.3 Å². The maximum Gasteiger partial charge on any atom is 0.322 e. The lowest BCUT2D eigenvalue weighted by Crippen LogP contribution is -2.36. The summed E-state index contributed by atoms with van der Waals surface area (Å²) in [6.45, 7) is 2.68. The van der Waals surface area contributed by atoms with E-state index in [2.05, 4.69) is 20.4 Å². The molecule has 0 bridgehead atoms. The molecule has 0 atom stereocenters. The fourth-order valence-corrected chi connectivity index (χ4v) is 1.43. The summed E-state index contributed by atoms with van der Waals surface area (Å²) in [5, 5.41) is 0. The van der Waals surface area contributed by atoms with Crippen LogP contribution in [-0.2, 0) is 4.79 Å². The van der Waals surface area contributed by atoms with Crippen molar-refractivity contribution in [2.24, 2.45) is 11.6 Å². The van der Waals surface area contributed by atoms with Crippen LogP contribution in [0.3, 0.4) is 0 Å². The first-order valence-corrected chi connectivity index (χ1v) is 5.90. The molecule has 0 saturated heterocycles. The van der Waals surface area contributed by atoms with E-state index in [0.29, 0.717) is 12.5 Å². The molecule has 1 heterocycles. The minimum absolute atomic E-state index is 0.0250. The number of nitrogen functional groups attached to an aromatic ring is 1. The van der Waals surface area contributed by atoms with E-state index < -0.39 is 5.91 Å². The lowest BCUT2D eigenvalue weighted by atomic mass is 10.3. The number of unbranched alkanes of at least 4 members (excludes halogenated alkanes) is 1. The monoisotopic (exact) mass is 269 g/mol. The van der Waals surface area contributed by atoms with Crippen LogP contribution < -0.4 is 26.6 Å². The summed E-state index contributed by atoms with van der Waals surface area (Å²) < 4.78 is 4.96. The standard InChI is InChI=1S/C10H19N7O2/c1-3-4-5-17(6-7(11)18)9-13-8(16-12)14-10(15-9)19-2/h3-6,12H2,1-2H3,(H2,11,18)(H,13,14,15,16). The Morgan fingerprint density at radius 3 is 2.68 bits per heavy atom. The van der Waals surface area contributed by atoms with Gasteiger partial charge in [-0.2, -0.15) is 15.0 Å². The normalized spacial score (nSPS) is 10.1. The van der Waals surface area contributed by atoms with Gasteiger partial charge in [-0.25, -0.2) is 5.84 Å². The van der Waals surface area contributed by atoms with E-state index in [1.165, 1.54) is 7.11 Å². The number of rotatable bonds is 8. The molecule has 0 radical (unpaired) electrons. The fraction of sp³-hybridized carbons (Fsp3) is 0.600. The van der Waals surface area contributed by atoms with Gasteiger partial charge in [0.15, 0.2) is 0 Å². The molecule has 9 nitrogen and oxygen atoms in total. The van der Waals surface area contributed by atoms with E-state index in [-0.39, 0.29) is 18.5 Å². The maximum atomic E-state index is 11.1. The van der Waals surface area contributed by atoms with Crippen molar-refractivity contribution in [2.45, 2.75) is 19.8 Å². The Bertz CT molecular complexity index is 404. The third-order valence-corrected chi connectivity index (χ3v) is 2.33. The molecule has 0 aromatic carbocycles. The van der Waals surface area contributed by atoms with E-state index in [0.717, 1.165) is 12.8 Å². The van der Waals surface area contributed by atoms with Crippen LogP contribution >= 0.6 is 0 Å². The van der Waals surface area contributed by atoms with Crippen molar-refractivity contribution in [3.63, 3.8) is 0 Å². The number of amides is 1. The summed E-state index contributed by atoms with van der Waals surface area (Å²) in [6.07, 6.45) is 1.85. The van der Waals surface area contributed by atoms with Crippen LogP contribution in [0.2, 0.25) is 0 Å². The highest BCUT2D eigenvalue weighted by molar-refractivity contribution is 5.78. The third kappa shape index (κ3) is 4.54. The fourth-order valence-electron chi connectivity index (χ4n) is 1.43. The minimum Gasteiger partial charge on any atom is -0.467 e. The largest absolute Gasteiger partial charge is 0.467 e. The van der Waals surface area contributed by atoms with E-state index in [1.807, 2.05) is 6.92 Å². The zero-order chi connectivity index (χ0) is 14.3. The quantitative estimate of drug-likeness (QED) is 0.415. The number of nitrogens with zero attached hydrogens (tertiary/aromatic N) is 4. The number of hydrogen-bond donors (Lipinski definition) is 3. The van der Waals surface area contributed by atoms with Gasteiger partial charge in [0.05, 0.1) is 13.7 Å². The zero-order valence-electron chi connectivity index (χ0n) is 11.1. The number of aromatic nitrogens is 3. The molecule has 1 aromatic heterocycles. The maximum absolute atomic E-state index is 11.1. The summed E-state index contributed by atoms with van der Waals surface area (Å²) >= 11 is 0. The van der Waals surface area contributed by atoms with Gasteiger partial charge < -0.3 is 15.4 Å². The molecule has 19 heavy (non-hydrogen) atoms. The summed E-state index contributed by atoms with van der Waals surface area (Å²) in [5.74, 6) is 5.27. The molecule has 106 valence electrons. The molecule has 0 unspecified atom stereocenters. The van der Waals surface area contributed by atoms with Gasteiger partial charge in [0, 0.05) is 6.54 Å². The smallest absolute Gasteiger partial charge is 0.322 e. The number of primary amides is 1. The van der Waals surface area contributed by atoms with Gasteiger partial charge >= 0.3 is 6.01 Å². The molecule has 9 heteroatoms. The van der Waals surface area contributed by atoms with Crippen LogP contribution in [0.4, 0.5) is 11.9 Å². The van der Waals surface area contributed by atoms with Crippen molar-refractivity contribution in [3.8, 4) is 6.01 Å². The highest BCUT2D eigenvalue weighted by atomic mass is 16.5. The molecular formula is C10H19N7O2. The molecule has 0 aliphatic carbocycles. The van der Waals surface area contributed by atoms with Crippen molar-refractivity contribution in [1.29, 1.82) is 0 Å². The molecule has 1 amide bonds. The Balaban J connectivity index is 3.01. The first kappa shape index (κ1) is 14.9. The van der Waals surface area contributed by atoms with E-state index in [4.69, 9.17) is 16.3 Å². The number of hydrazine groups is 1. The lowest BCUT2D eigenvalue weighted by molar-refractivity contribution is -0.116. The van der Waals surface area contributed by atoms with Crippen molar-refractivity contribution >= 4 is 17.8 Å². The van der Waals surface area contributed by atoms with Gasteiger partial charge in [-0.15, -0.1) is 0 Å². The second kappa shape index (κ2) is 7.31. The molecule has 0 fully saturated rings. The first-order valence-electron chi connectivity index (χ1n) is 5.90. The van der Waals surface area contributed by atoms with Gasteiger partial charge in [-0.3, -0.25) is 10.2 Å². The summed E-state index contributed by atoms with van der Waals surface area (Å²) in [5.41, 5.74) is 7.54. The van der Waals surface area contributed by atoms with Crippen molar-refractivity contribution < 1.29 is 9.53 Å². The van der Waals surface area contributed by atoms with Crippen LogP contribution in [0.15, 0.2) is 0 Å². The van der Waals surface area contributed by atoms with E-state index in [1.54, 1.807) is 4.90 Å². The lowest BCUT2D eigenvalue weighted by Gasteiger charge is -2.21. The zero-order valence-corrected chi connectivity index (χ0v) is 11.1. The summed E-state index contributed by atoms with van der Waals surface area (Å²) in [6, 6.07) is 0.115. The van der Waals surface area contributed by atoms with E-state index in [9.17, 15) is 4.79 Å². The van der Waals surface area contributed by atoms with E-state index >= 15 is 0 Å². The Morgan fingerprint density at radius 1 is 1.42 bits per heavy atom. The highest BCUT2D eigenvalue weighted by Crippen LogP contribution is 2.14. The predicted octanol–water partition coefficient (Wildman–Crippen LogP) is -0.742. The number of nitrogens with one attached hydrogen (secondary N) is 1. The number of carbonyl (C=O) groups is 1. The van der Waals surface area contributed by atoms with Crippen molar-refractivity contribution in [1.82, 2.24) is 15.0 Å². The first-order chi connectivity index (χ1) is 9.10. The Hall–Kier alpha value is -2.16. The van der Waals surface area contributed by atoms with Gasteiger partial charge in [0.2, 0.25) is 17.8 Å². The molecule has 0 aliphatic heterocycles. The molecule has 0 spiro atoms. The number of nitrogens with two attached hydrogens (primary N) is 2. The predicted molar refractivity (Wildman–Crippen MR) is 70.5 cm³/mol. The van der Waals surface area contributed by atoms with Gasteiger partial charge in [0.1, 0.15) is 0 Å². The van der Waals surface area contributed by atoms with Gasteiger partial charge in [-0.05, 0) is 6.42 Å². The third-order valence-electron chi connectivity index (χ3n) is 2.33.